The zero-order valence-corrected chi connectivity index (χ0v) is 17.8. The molecule has 1 aromatic heterocycles. The molecular weight excluding hydrogens is 396 g/mol. The maximum Gasteiger partial charge on any atom is 0.228 e. The Bertz CT molecular complexity index is 1050. The first kappa shape index (κ1) is 20.2. The van der Waals surface area contributed by atoms with Crippen LogP contribution in [0.3, 0.4) is 0 Å². The average Bonchev–Trinajstić information content (AvgIpc) is 3.37. The van der Waals surface area contributed by atoms with Crippen LogP contribution in [0.2, 0.25) is 0 Å². The quantitative estimate of drug-likeness (QED) is 0.660. The second-order valence-corrected chi connectivity index (χ2v) is 8.67. The lowest BCUT2D eigenvalue weighted by molar-refractivity contribution is -0.135. The molecule has 0 bridgehead atoms. The van der Waals surface area contributed by atoms with Crippen molar-refractivity contribution in [3.8, 4) is 5.75 Å². The van der Waals surface area contributed by atoms with E-state index in [1.165, 1.54) is 0 Å². The smallest absolute Gasteiger partial charge is 0.228 e. The van der Waals surface area contributed by atoms with Crippen LogP contribution in [0.25, 0.3) is 0 Å². The minimum Gasteiger partial charge on any atom is -0.508 e. The Kier molecular flexibility index (Phi) is 5.59. The summed E-state index contributed by atoms with van der Waals surface area (Å²) in [6.45, 7) is 2.30. The Hall–Kier alpha value is -3.12. The molecule has 1 fully saturated rings. The van der Waals surface area contributed by atoms with Crippen LogP contribution in [0, 0.1) is 12.8 Å². The van der Waals surface area contributed by atoms with E-state index in [1.807, 2.05) is 54.8 Å². The molecule has 2 heterocycles. The number of aromatic hydroxyl groups is 1. The first-order chi connectivity index (χ1) is 14.5. The van der Waals surface area contributed by atoms with Crippen LogP contribution >= 0.6 is 11.3 Å². The van der Waals surface area contributed by atoms with Crippen LogP contribution in [-0.2, 0) is 16.1 Å². The number of hydrogen-bond acceptors (Lipinski definition) is 4. The summed E-state index contributed by atoms with van der Waals surface area (Å²) in [5, 5.41) is 12.0. The number of benzene rings is 2. The van der Waals surface area contributed by atoms with Gasteiger partial charge in [0, 0.05) is 36.1 Å². The predicted octanol–water partition coefficient (Wildman–Crippen LogP) is 4.51. The lowest BCUT2D eigenvalue weighted by Gasteiger charge is -2.29. The van der Waals surface area contributed by atoms with Crippen LogP contribution in [-0.4, -0.2) is 28.9 Å². The van der Waals surface area contributed by atoms with E-state index in [0.717, 1.165) is 16.1 Å². The number of phenolic OH excluding ortho intramolecular Hbond substituents is 1. The molecule has 3 aromatic rings. The lowest BCUT2D eigenvalue weighted by Crippen LogP contribution is -2.36. The molecular formula is C24H24N2O3S. The third-order valence-corrected chi connectivity index (χ3v) is 6.50. The van der Waals surface area contributed by atoms with E-state index >= 15 is 0 Å². The molecule has 30 heavy (non-hydrogen) atoms. The number of phenols is 1. The SMILES string of the molecule is Cc1ccc(N2C(=O)C[C@@H](C(=O)N(C)Cc3ccccc3O)[C@H]2c2cccs2)cc1. The van der Waals surface area contributed by atoms with E-state index in [-0.39, 0.29) is 36.6 Å². The van der Waals surface area contributed by atoms with E-state index < -0.39 is 5.92 Å². The molecule has 6 heteroatoms. The second kappa shape index (κ2) is 8.32. The van der Waals surface area contributed by atoms with E-state index in [2.05, 4.69) is 0 Å². The summed E-state index contributed by atoms with van der Waals surface area (Å²) in [7, 11) is 1.72. The number of para-hydroxylation sites is 1. The van der Waals surface area contributed by atoms with Crippen LogP contribution in [0.4, 0.5) is 5.69 Å². The van der Waals surface area contributed by atoms with E-state index in [0.29, 0.717) is 5.56 Å². The van der Waals surface area contributed by atoms with Crippen molar-refractivity contribution >= 4 is 28.8 Å². The molecule has 1 aliphatic heterocycles. The number of rotatable bonds is 5. The second-order valence-electron chi connectivity index (χ2n) is 7.69. The lowest BCUT2D eigenvalue weighted by atomic mass is 9.96. The summed E-state index contributed by atoms with van der Waals surface area (Å²) in [6.07, 6.45) is 0.167. The molecule has 2 aromatic carbocycles. The molecule has 5 nitrogen and oxygen atoms in total. The minimum absolute atomic E-state index is 0.0495. The van der Waals surface area contributed by atoms with E-state index in [9.17, 15) is 14.7 Å². The number of nitrogens with zero attached hydrogens (tertiary/aromatic N) is 2. The Morgan fingerprint density at radius 3 is 2.53 bits per heavy atom. The Balaban J connectivity index is 1.64. The van der Waals surface area contributed by atoms with Crippen LogP contribution < -0.4 is 4.90 Å². The van der Waals surface area contributed by atoms with Crippen molar-refractivity contribution in [1.29, 1.82) is 0 Å². The molecule has 1 saturated heterocycles. The van der Waals surface area contributed by atoms with Crippen molar-refractivity contribution in [3.05, 3.63) is 82.0 Å². The molecule has 1 aliphatic rings. The number of aryl methyl sites for hydroxylation is 1. The number of amides is 2. The molecule has 0 aliphatic carbocycles. The fourth-order valence-electron chi connectivity index (χ4n) is 4.01. The minimum atomic E-state index is -0.478. The molecule has 2 amide bonds. The number of anilines is 1. The standard InChI is InChI=1S/C24H24N2O3S/c1-16-9-11-18(12-10-16)26-22(28)14-19(23(26)21-8-5-13-30-21)24(29)25(2)15-17-6-3-4-7-20(17)27/h3-13,19,23,27H,14-15H2,1-2H3/t19-,23+/m1/s1. The van der Waals surface area contributed by atoms with Gasteiger partial charge in [0.2, 0.25) is 11.8 Å². The normalized spacial score (nSPS) is 18.6. The molecule has 0 saturated carbocycles. The van der Waals surface area contributed by atoms with Gasteiger partial charge in [-0.1, -0.05) is 42.0 Å². The van der Waals surface area contributed by atoms with E-state index in [1.54, 1.807) is 46.4 Å². The monoisotopic (exact) mass is 420 g/mol. The van der Waals surface area contributed by atoms with Crippen LogP contribution in [0.15, 0.2) is 66.0 Å². The Morgan fingerprint density at radius 1 is 1.13 bits per heavy atom. The maximum absolute atomic E-state index is 13.4. The van der Waals surface area contributed by atoms with Gasteiger partial charge in [-0.05, 0) is 36.6 Å². The van der Waals surface area contributed by atoms with Crippen LogP contribution in [0.1, 0.15) is 28.5 Å². The number of hydrogen-bond donors (Lipinski definition) is 1. The third-order valence-electron chi connectivity index (χ3n) is 5.56. The summed E-state index contributed by atoms with van der Waals surface area (Å²) < 4.78 is 0. The average molecular weight is 421 g/mol. The highest BCUT2D eigenvalue weighted by Crippen LogP contribution is 2.43. The zero-order chi connectivity index (χ0) is 21.3. The van der Waals surface area contributed by atoms with Gasteiger partial charge in [0.15, 0.2) is 0 Å². The van der Waals surface area contributed by atoms with Gasteiger partial charge in [0.25, 0.3) is 0 Å². The summed E-state index contributed by atoms with van der Waals surface area (Å²) in [4.78, 5) is 30.8. The molecule has 1 N–H and O–H groups in total. The topological polar surface area (TPSA) is 60.9 Å². The molecule has 0 spiro atoms. The maximum atomic E-state index is 13.4. The van der Waals surface area contributed by atoms with Gasteiger partial charge < -0.3 is 14.9 Å². The summed E-state index contributed by atoms with van der Waals surface area (Å²) >= 11 is 1.56. The molecule has 4 rings (SSSR count). The van der Waals surface area contributed by atoms with Crippen molar-refractivity contribution in [3.63, 3.8) is 0 Å². The highest BCUT2D eigenvalue weighted by atomic mass is 32.1. The van der Waals surface area contributed by atoms with Crippen molar-refractivity contribution < 1.29 is 14.7 Å². The predicted molar refractivity (Wildman–Crippen MR) is 118 cm³/mol. The summed E-state index contributed by atoms with van der Waals surface area (Å²) in [5.41, 5.74) is 2.61. The van der Waals surface area contributed by atoms with Crippen LogP contribution in [0.5, 0.6) is 5.75 Å². The van der Waals surface area contributed by atoms with Gasteiger partial charge in [-0.25, -0.2) is 0 Å². The number of carbonyl (C=O) groups excluding carboxylic acids is 2. The zero-order valence-electron chi connectivity index (χ0n) is 17.0. The highest BCUT2D eigenvalue weighted by Gasteiger charge is 2.46. The van der Waals surface area contributed by atoms with E-state index in [4.69, 9.17) is 0 Å². The molecule has 154 valence electrons. The highest BCUT2D eigenvalue weighted by molar-refractivity contribution is 7.10. The van der Waals surface area contributed by atoms with Gasteiger partial charge in [-0.3, -0.25) is 9.59 Å². The molecule has 0 unspecified atom stereocenters. The van der Waals surface area contributed by atoms with Gasteiger partial charge in [-0.2, -0.15) is 0 Å². The fraction of sp³-hybridized carbons (Fsp3) is 0.250. The van der Waals surface area contributed by atoms with Crippen molar-refractivity contribution in [2.24, 2.45) is 5.92 Å². The van der Waals surface area contributed by atoms with Gasteiger partial charge in [0.1, 0.15) is 5.75 Å². The fourth-order valence-corrected chi connectivity index (χ4v) is 4.89. The third kappa shape index (κ3) is 3.83. The number of carbonyl (C=O) groups is 2. The van der Waals surface area contributed by atoms with Crippen molar-refractivity contribution in [2.45, 2.75) is 25.9 Å². The molecule has 2 atom stereocenters. The molecule has 0 radical (unpaired) electrons. The number of thiophene rings is 1. The summed E-state index contributed by atoms with van der Waals surface area (Å²) in [6, 6.07) is 18.4. The van der Waals surface area contributed by atoms with Gasteiger partial charge in [0.05, 0.1) is 12.0 Å². The van der Waals surface area contributed by atoms with Crippen molar-refractivity contribution in [1.82, 2.24) is 4.90 Å². The largest absolute Gasteiger partial charge is 0.508 e. The first-order valence-corrected chi connectivity index (χ1v) is 10.8. The van der Waals surface area contributed by atoms with Gasteiger partial charge >= 0.3 is 0 Å². The Morgan fingerprint density at radius 2 is 1.87 bits per heavy atom. The first-order valence-electron chi connectivity index (χ1n) is 9.89. The van der Waals surface area contributed by atoms with Crippen molar-refractivity contribution in [2.75, 3.05) is 11.9 Å². The summed E-state index contributed by atoms with van der Waals surface area (Å²) in [5.74, 6) is -0.463. The Labute approximate surface area is 180 Å². The van der Waals surface area contributed by atoms with Gasteiger partial charge in [-0.15, -0.1) is 11.3 Å².